The number of rotatable bonds is 1. The molecule has 0 saturated heterocycles. The molecule has 0 atom stereocenters. The summed E-state index contributed by atoms with van der Waals surface area (Å²) in [6.45, 7) is 2.08. The molecule has 2 heteroatoms. The van der Waals surface area contributed by atoms with Gasteiger partial charge in [0.25, 0.3) is 0 Å². The van der Waals surface area contributed by atoms with E-state index in [-0.39, 0.29) is 0 Å². The Bertz CT molecular complexity index is 212. The maximum atomic E-state index is 5.87. The molecule has 0 unspecified atom stereocenters. The van der Waals surface area contributed by atoms with Crippen LogP contribution < -0.4 is 0 Å². The van der Waals surface area contributed by atoms with Gasteiger partial charge in [-0.2, -0.15) is 0 Å². The van der Waals surface area contributed by atoms with Crippen LogP contribution in [0.2, 0.25) is 5.02 Å². The molecule has 0 bridgehead atoms. The van der Waals surface area contributed by atoms with Gasteiger partial charge in [0.05, 0.1) is 0 Å². The summed E-state index contributed by atoms with van der Waals surface area (Å²) < 4.78 is 1.04. The molecule has 0 aliphatic rings. The Balaban J connectivity index is 3.17. The summed E-state index contributed by atoms with van der Waals surface area (Å²) >= 11 is 9.26. The second-order valence-corrected chi connectivity index (χ2v) is 3.24. The van der Waals surface area contributed by atoms with Gasteiger partial charge >= 0.3 is 0 Å². The average Bonchev–Trinajstić information content (AvgIpc) is 1.88. The molecule has 53 valence electrons. The number of hydrogen-bond acceptors (Lipinski definition) is 0. The van der Waals surface area contributed by atoms with E-state index in [1.165, 1.54) is 0 Å². The molecule has 0 fully saturated rings. The zero-order chi connectivity index (χ0) is 7.56. The Hall–Kier alpha value is -0.0100. The predicted octanol–water partition coefficient (Wildman–Crippen LogP) is 3.47. The lowest BCUT2D eigenvalue weighted by Crippen LogP contribution is -1.82. The van der Waals surface area contributed by atoms with Gasteiger partial charge in [-0.3, -0.25) is 0 Å². The molecule has 0 aliphatic heterocycles. The van der Waals surface area contributed by atoms with Gasteiger partial charge in [0.1, 0.15) is 0 Å². The lowest BCUT2D eigenvalue weighted by atomic mass is 10.2. The molecule has 0 aromatic heterocycles. The van der Waals surface area contributed by atoms with Crippen molar-refractivity contribution in [1.82, 2.24) is 0 Å². The standard InChI is InChI=1S/C8H7BrCl/c1-2-6-7(9)4-3-5-8(6)10/h4-5H,2H2,1H3. The molecule has 1 aromatic carbocycles. The molecule has 1 radical (unpaired) electrons. The van der Waals surface area contributed by atoms with Crippen LogP contribution >= 0.6 is 27.5 Å². The number of halogens is 2. The Morgan fingerprint density at radius 3 is 2.70 bits per heavy atom. The Morgan fingerprint density at radius 2 is 2.30 bits per heavy atom. The van der Waals surface area contributed by atoms with Crippen LogP contribution in [0.15, 0.2) is 16.6 Å². The molecule has 0 N–H and O–H groups in total. The number of hydrogen-bond donors (Lipinski definition) is 0. The summed E-state index contributed by atoms with van der Waals surface area (Å²) in [5.74, 6) is 0. The molecule has 10 heavy (non-hydrogen) atoms. The molecule has 0 nitrogen and oxygen atoms in total. The van der Waals surface area contributed by atoms with Gasteiger partial charge in [0, 0.05) is 9.50 Å². The topological polar surface area (TPSA) is 0 Å². The second kappa shape index (κ2) is 3.40. The van der Waals surface area contributed by atoms with Crippen molar-refractivity contribution in [3.05, 3.63) is 33.3 Å². The van der Waals surface area contributed by atoms with Crippen LogP contribution in [-0.2, 0) is 6.42 Å². The predicted molar refractivity (Wildman–Crippen MR) is 47.4 cm³/mol. The van der Waals surface area contributed by atoms with E-state index in [2.05, 4.69) is 28.9 Å². The fourth-order valence-corrected chi connectivity index (χ4v) is 1.85. The molecule has 0 saturated carbocycles. The zero-order valence-corrected chi connectivity index (χ0v) is 7.96. The molecular weight excluding hydrogens is 211 g/mol. The van der Waals surface area contributed by atoms with Crippen molar-refractivity contribution in [1.29, 1.82) is 0 Å². The monoisotopic (exact) mass is 217 g/mol. The van der Waals surface area contributed by atoms with E-state index in [0.29, 0.717) is 0 Å². The SMILES string of the molecule is CCc1c(Cl)c[c]cc1Br. The smallest absolute Gasteiger partial charge is 0.0455 e. The van der Waals surface area contributed by atoms with E-state index in [4.69, 9.17) is 11.6 Å². The van der Waals surface area contributed by atoms with Crippen molar-refractivity contribution in [2.24, 2.45) is 0 Å². The van der Waals surface area contributed by atoms with E-state index in [1.54, 1.807) is 6.07 Å². The van der Waals surface area contributed by atoms with E-state index in [9.17, 15) is 0 Å². The molecule has 0 spiro atoms. The first-order valence-corrected chi connectivity index (χ1v) is 4.26. The maximum Gasteiger partial charge on any atom is 0.0455 e. The highest BCUT2D eigenvalue weighted by Crippen LogP contribution is 2.24. The largest absolute Gasteiger partial charge is 0.0840 e. The lowest BCUT2D eigenvalue weighted by Gasteiger charge is -2.01. The van der Waals surface area contributed by atoms with Crippen molar-refractivity contribution in [2.75, 3.05) is 0 Å². The van der Waals surface area contributed by atoms with Crippen molar-refractivity contribution in [2.45, 2.75) is 13.3 Å². The summed E-state index contributed by atoms with van der Waals surface area (Å²) in [4.78, 5) is 0. The highest BCUT2D eigenvalue weighted by atomic mass is 79.9. The van der Waals surface area contributed by atoms with Crippen LogP contribution in [-0.4, -0.2) is 0 Å². The lowest BCUT2D eigenvalue weighted by molar-refractivity contribution is 1.13. The Labute approximate surface area is 74.3 Å². The second-order valence-electron chi connectivity index (χ2n) is 1.98. The first-order valence-electron chi connectivity index (χ1n) is 3.09. The third-order valence-corrected chi connectivity index (χ3v) is 2.40. The zero-order valence-electron chi connectivity index (χ0n) is 5.62. The highest BCUT2D eigenvalue weighted by Gasteiger charge is 2.00. The minimum absolute atomic E-state index is 0.789. The molecular formula is C8H7BrCl. The highest BCUT2D eigenvalue weighted by molar-refractivity contribution is 9.10. The van der Waals surface area contributed by atoms with Gasteiger partial charge in [-0.25, -0.2) is 0 Å². The van der Waals surface area contributed by atoms with E-state index >= 15 is 0 Å². The van der Waals surface area contributed by atoms with Gasteiger partial charge in [0.2, 0.25) is 0 Å². The van der Waals surface area contributed by atoms with Crippen LogP contribution in [0.25, 0.3) is 0 Å². The van der Waals surface area contributed by atoms with Crippen molar-refractivity contribution in [3.8, 4) is 0 Å². The third kappa shape index (κ3) is 1.53. The number of benzene rings is 1. The van der Waals surface area contributed by atoms with Crippen molar-refractivity contribution in [3.63, 3.8) is 0 Å². The van der Waals surface area contributed by atoms with Gasteiger partial charge in [-0.05, 0) is 30.2 Å². The summed E-state index contributed by atoms with van der Waals surface area (Å²) in [6, 6.07) is 6.59. The first-order chi connectivity index (χ1) is 4.75. The van der Waals surface area contributed by atoms with E-state index in [0.717, 1.165) is 21.5 Å². The normalized spacial score (nSPS) is 9.90. The summed E-state index contributed by atoms with van der Waals surface area (Å²) in [5, 5.41) is 0.789. The van der Waals surface area contributed by atoms with Crippen LogP contribution in [0.1, 0.15) is 12.5 Å². The van der Waals surface area contributed by atoms with E-state index in [1.807, 2.05) is 6.07 Å². The Kier molecular flexibility index (Phi) is 2.75. The molecule has 0 heterocycles. The minimum atomic E-state index is 0.789. The minimum Gasteiger partial charge on any atom is -0.0840 e. The van der Waals surface area contributed by atoms with Crippen LogP contribution in [0, 0.1) is 6.07 Å². The fourth-order valence-electron chi connectivity index (χ4n) is 0.814. The maximum absolute atomic E-state index is 5.87. The van der Waals surface area contributed by atoms with Gasteiger partial charge < -0.3 is 0 Å². The van der Waals surface area contributed by atoms with Crippen molar-refractivity contribution >= 4 is 27.5 Å². The molecule has 0 amide bonds. The summed E-state index contributed by atoms with van der Waals surface area (Å²) in [5.41, 5.74) is 1.15. The van der Waals surface area contributed by atoms with Gasteiger partial charge in [-0.15, -0.1) is 0 Å². The average molecular weight is 219 g/mol. The van der Waals surface area contributed by atoms with E-state index < -0.39 is 0 Å². The van der Waals surface area contributed by atoms with Crippen LogP contribution in [0.4, 0.5) is 0 Å². The molecule has 1 rings (SSSR count). The first kappa shape index (κ1) is 8.09. The van der Waals surface area contributed by atoms with Gasteiger partial charge in [0.15, 0.2) is 0 Å². The fraction of sp³-hybridized carbons (Fsp3) is 0.250. The van der Waals surface area contributed by atoms with Crippen molar-refractivity contribution < 1.29 is 0 Å². The quantitative estimate of drug-likeness (QED) is 0.677. The summed E-state index contributed by atoms with van der Waals surface area (Å²) in [7, 11) is 0. The van der Waals surface area contributed by atoms with Crippen LogP contribution in [0.5, 0.6) is 0 Å². The Morgan fingerprint density at radius 1 is 1.60 bits per heavy atom. The van der Waals surface area contributed by atoms with Crippen LogP contribution in [0.3, 0.4) is 0 Å². The van der Waals surface area contributed by atoms with Gasteiger partial charge in [-0.1, -0.05) is 34.5 Å². The molecule has 0 aliphatic carbocycles. The molecule has 1 aromatic rings. The third-order valence-electron chi connectivity index (χ3n) is 1.35. The summed E-state index contributed by atoms with van der Waals surface area (Å²) in [6.07, 6.45) is 0.952.